The van der Waals surface area contributed by atoms with E-state index in [1.807, 2.05) is 0 Å². The van der Waals surface area contributed by atoms with E-state index in [1.165, 1.54) is 6.92 Å². The molecule has 0 aliphatic heterocycles. The van der Waals surface area contributed by atoms with Gasteiger partial charge >= 0.3 is 5.97 Å². The second-order valence-corrected chi connectivity index (χ2v) is 6.95. The van der Waals surface area contributed by atoms with Crippen molar-refractivity contribution in [2.45, 2.75) is 25.9 Å². The van der Waals surface area contributed by atoms with Gasteiger partial charge in [-0.05, 0) is 35.4 Å². The summed E-state index contributed by atoms with van der Waals surface area (Å²) in [5.74, 6) is -1.31. The lowest BCUT2D eigenvalue weighted by Crippen LogP contribution is -2.31. The molecule has 2 rings (SSSR count). The molecule has 1 unspecified atom stereocenters. The van der Waals surface area contributed by atoms with E-state index < -0.39 is 24.5 Å². The quantitative estimate of drug-likeness (QED) is 0.638. The molecule has 2 aromatic carbocycles. The number of benzene rings is 2. The third-order valence-corrected chi connectivity index (χ3v) is 4.29. The average molecular weight is 423 g/mol. The summed E-state index contributed by atoms with van der Waals surface area (Å²) in [6, 6.07) is 13.2. The third-order valence-electron chi connectivity index (χ3n) is 3.79. The molecule has 0 bridgehead atoms. The summed E-state index contributed by atoms with van der Waals surface area (Å²) in [6.07, 6.45) is -0.105. The van der Waals surface area contributed by atoms with Gasteiger partial charge in [-0.15, -0.1) is 0 Å². The highest BCUT2D eigenvalue weighted by Gasteiger charge is 2.19. The number of carbonyl (C=O) groups is 3. The Hall–Kier alpha value is -2.57. The van der Waals surface area contributed by atoms with E-state index >= 15 is 0 Å². The molecule has 148 valence electrons. The monoisotopic (exact) mass is 422 g/mol. The highest BCUT2D eigenvalue weighted by atomic mass is 35.5. The van der Waals surface area contributed by atoms with Gasteiger partial charge in [0.25, 0.3) is 5.91 Å². The Labute approximate surface area is 173 Å². The van der Waals surface area contributed by atoms with Crippen LogP contribution in [0, 0.1) is 0 Å². The predicted octanol–water partition coefficient (Wildman–Crippen LogP) is 3.42. The molecular weight excluding hydrogens is 403 g/mol. The highest BCUT2D eigenvalue weighted by Crippen LogP contribution is 2.20. The van der Waals surface area contributed by atoms with Crippen LogP contribution in [0.1, 0.15) is 30.5 Å². The first kappa shape index (κ1) is 21.7. The first-order valence-corrected chi connectivity index (χ1v) is 9.28. The van der Waals surface area contributed by atoms with Gasteiger partial charge in [-0.1, -0.05) is 47.5 Å². The molecule has 6 nitrogen and oxygen atoms in total. The summed E-state index contributed by atoms with van der Waals surface area (Å²) in [4.78, 5) is 35.4. The molecule has 2 amide bonds. The number of hydrogen-bond donors (Lipinski definition) is 2. The van der Waals surface area contributed by atoms with Crippen LogP contribution in [0.2, 0.25) is 10.0 Å². The van der Waals surface area contributed by atoms with Crippen LogP contribution in [0.5, 0.6) is 0 Å². The van der Waals surface area contributed by atoms with E-state index in [-0.39, 0.29) is 12.3 Å². The van der Waals surface area contributed by atoms with E-state index in [0.717, 1.165) is 5.56 Å². The number of amides is 2. The lowest BCUT2D eigenvalue weighted by atomic mass is 10.0. The molecule has 28 heavy (non-hydrogen) atoms. The molecule has 0 aliphatic carbocycles. The van der Waals surface area contributed by atoms with Crippen molar-refractivity contribution in [1.82, 2.24) is 10.6 Å². The van der Waals surface area contributed by atoms with E-state index in [9.17, 15) is 14.4 Å². The fourth-order valence-corrected chi connectivity index (χ4v) is 2.67. The maximum atomic E-state index is 12.1. The summed E-state index contributed by atoms with van der Waals surface area (Å²) in [6.45, 7) is 1.26. The van der Waals surface area contributed by atoms with Crippen LogP contribution in [0.15, 0.2) is 48.5 Å². The van der Waals surface area contributed by atoms with Crippen molar-refractivity contribution in [2.24, 2.45) is 0 Å². The first-order valence-electron chi connectivity index (χ1n) is 8.53. The van der Waals surface area contributed by atoms with E-state index in [2.05, 4.69) is 10.6 Å². The zero-order chi connectivity index (χ0) is 20.5. The van der Waals surface area contributed by atoms with Gasteiger partial charge in [0.2, 0.25) is 5.91 Å². The van der Waals surface area contributed by atoms with Gasteiger partial charge in [0.1, 0.15) is 0 Å². The Bertz CT molecular complexity index is 823. The molecule has 8 heteroatoms. The second-order valence-electron chi connectivity index (χ2n) is 6.07. The topological polar surface area (TPSA) is 84.5 Å². The van der Waals surface area contributed by atoms with E-state index in [1.54, 1.807) is 48.5 Å². The van der Waals surface area contributed by atoms with Gasteiger partial charge in [0.05, 0.1) is 12.5 Å². The van der Waals surface area contributed by atoms with Crippen LogP contribution < -0.4 is 10.6 Å². The minimum absolute atomic E-state index is 0.105. The molecule has 0 aliphatic rings. The number of ether oxygens (including phenoxy) is 1. The van der Waals surface area contributed by atoms with Crippen LogP contribution in [0.4, 0.5) is 0 Å². The lowest BCUT2D eigenvalue weighted by Gasteiger charge is -2.17. The van der Waals surface area contributed by atoms with Crippen molar-refractivity contribution in [3.8, 4) is 0 Å². The summed E-state index contributed by atoms with van der Waals surface area (Å²) >= 11 is 11.7. The minimum Gasteiger partial charge on any atom is -0.456 e. The van der Waals surface area contributed by atoms with Gasteiger partial charge in [-0.25, -0.2) is 0 Å². The van der Waals surface area contributed by atoms with Crippen molar-refractivity contribution in [2.75, 3.05) is 6.61 Å². The molecule has 0 fully saturated rings. The molecule has 0 saturated carbocycles. The first-order chi connectivity index (χ1) is 13.3. The van der Waals surface area contributed by atoms with Crippen molar-refractivity contribution < 1.29 is 19.1 Å². The fraction of sp³-hybridized carbons (Fsp3) is 0.250. The fourth-order valence-electron chi connectivity index (χ4n) is 2.42. The van der Waals surface area contributed by atoms with Gasteiger partial charge in [-0.3, -0.25) is 14.4 Å². The molecule has 0 saturated heterocycles. The van der Waals surface area contributed by atoms with E-state index in [4.69, 9.17) is 27.9 Å². The molecular formula is C20H20Cl2N2O4. The van der Waals surface area contributed by atoms with Gasteiger partial charge < -0.3 is 15.4 Å². The Kier molecular flexibility index (Phi) is 8.29. The minimum atomic E-state index is -0.602. The van der Waals surface area contributed by atoms with Gasteiger partial charge in [0, 0.05) is 23.5 Å². The van der Waals surface area contributed by atoms with Gasteiger partial charge in [0.15, 0.2) is 6.61 Å². The molecule has 0 radical (unpaired) electrons. The summed E-state index contributed by atoms with van der Waals surface area (Å²) in [5, 5.41) is 6.50. The Balaban J connectivity index is 1.82. The largest absolute Gasteiger partial charge is 0.456 e. The van der Waals surface area contributed by atoms with Crippen molar-refractivity contribution in [3.63, 3.8) is 0 Å². The summed E-state index contributed by atoms with van der Waals surface area (Å²) in [5.41, 5.74) is 1.58. The number of hydrogen-bond acceptors (Lipinski definition) is 4. The molecule has 0 heterocycles. The zero-order valence-electron chi connectivity index (χ0n) is 15.2. The molecule has 2 N–H and O–H groups in total. The number of rotatable bonds is 8. The van der Waals surface area contributed by atoms with Crippen molar-refractivity contribution in [1.29, 1.82) is 0 Å². The maximum absolute atomic E-state index is 12.1. The number of nitrogens with one attached hydrogen (secondary N) is 2. The average Bonchev–Trinajstić information content (AvgIpc) is 2.65. The van der Waals surface area contributed by atoms with Crippen LogP contribution in [0.3, 0.4) is 0 Å². The Morgan fingerprint density at radius 1 is 0.964 bits per heavy atom. The van der Waals surface area contributed by atoms with Crippen LogP contribution >= 0.6 is 23.2 Å². The Morgan fingerprint density at radius 3 is 2.11 bits per heavy atom. The van der Waals surface area contributed by atoms with Crippen molar-refractivity contribution >= 4 is 41.0 Å². The molecule has 1 atom stereocenters. The predicted molar refractivity (Wildman–Crippen MR) is 107 cm³/mol. The summed E-state index contributed by atoms with van der Waals surface area (Å²) < 4.78 is 5.02. The van der Waals surface area contributed by atoms with Crippen LogP contribution in [-0.4, -0.2) is 24.4 Å². The molecule has 0 spiro atoms. The normalized spacial score (nSPS) is 11.4. The van der Waals surface area contributed by atoms with Crippen molar-refractivity contribution in [3.05, 3.63) is 69.7 Å². The smallest absolute Gasteiger partial charge is 0.308 e. The SMILES string of the molecule is CC(=O)NC(CC(=O)OCC(=O)NCc1ccc(Cl)cc1)c1ccc(Cl)cc1. The highest BCUT2D eigenvalue weighted by molar-refractivity contribution is 6.30. The van der Waals surface area contributed by atoms with Crippen LogP contribution in [0.25, 0.3) is 0 Å². The number of esters is 1. The third kappa shape index (κ3) is 7.58. The standard InChI is InChI=1S/C20H20Cl2N2O4/c1-13(25)24-18(15-4-8-17(22)9-5-15)10-20(27)28-12-19(26)23-11-14-2-6-16(21)7-3-14/h2-9,18H,10-12H2,1H3,(H,23,26)(H,24,25). The second kappa shape index (κ2) is 10.7. The Morgan fingerprint density at radius 2 is 1.54 bits per heavy atom. The van der Waals surface area contributed by atoms with E-state index in [0.29, 0.717) is 22.2 Å². The lowest BCUT2D eigenvalue weighted by molar-refractivity contribution is -0.149. The van der Waals surface area contributed by atoms with Gasteiger partial charge in [-0.2, -0.15) is 0 Å². The zero-order valence-corrected chi connectivity index (χ0v) is 16.7. The molecule has 0 aromatic heterocycles. The number of halogens is 2. The number of carbonyl (C=O) groups excluding carboxylic acids is 3. The molecule has 2 aromatic rings. The maximum Gasteiger partial charge on any atom is 0.308 e. The summed E-state index contributed by atoms with van der Waals surface area (Å²) in [7, 11) is 0. The van der Waals surface area contributed by atoms with Crippen LogP contribution in [-0.2, 0) is 25.7 Å².